The maximum Gasteiger partial charge on any atom is 0.407 e. The van der Waals surface area contributed by atoms with E-state index in [1.54, 1.807) is 0 Å². The molecule has 3 unspecified atom stereocenters. The quantitative estimate of drug-likeness (QED) is 0.576. The van der Waals surface area contributed by atoms with Gasteiger partial charge in [0, 0.05) is 25.4 Å². The summed E-state index contributed by atoms with van der Waals surface area (Å²) in [5.74, 6) is -1.03. The summed E-state index contributed by atoms with van der Waals surface area (Å²) < 4.78 is 5.57. The lowest BCUT2D eigenvalue weighted by atomic mass is 9.90. The fourth-order valence-electron chi connectivity index (χ4n) is 5.37. The predicted octanol–water partition coefficient (Wildman–Crippen LogP) is 4.65. The van der Waals surface area contributed by atoms with E-state index in [9.17, 15) is 19.5 Å². The summed E-state index contributed by atoms with van der Waals surface area (Å²) in [7, 11) is 0. The molecule has 0 bridgehead atoms. The van der Waals surface area contributed by atoms with Crippen molar-refractivity contribution in [2.24, 2.45) is 11.8 Å². The van der Waals surface area contributed by atoms with Crippen LogP contribution in [0.25, 0.3) is 11.1 Å². The highest BCUT2D eigenvalue weighted by Gasteiger charge is 2.36. The lowest BCUT2D eigenvalue weighted by Gasteiger charge is -2.37. The first-order valence-corrected chi connectivity index (χ1v) is 12.5. The molecule has 1 fully saturated rings. The van der Waals surface area contributed by atoms with Gasteiger partial charge in [-0.05, 0) is 53.4 Å². The molecule has 0 aromatic heterocycles. The van der Waals surface area contributed by atoms with Gasteiger partial charge in [-0.15, -0.1) is 0 Å². The number of carbonyl (C=O) groups is 3. The smallest absolute Gasteiger partial charge is 0.407 e. The lowest BCUT2D eigenvalue weighted by Crippen LogP contribution is -2.52. The molecule has 0 spiro atoms. The first-order valence-electron chi connectivity index (χ1n) is 12.5. The summed E-state index contributed by atoms with van der Waals surface area (Å²) in [6, 6.07) is 15.7. The highest BCUT2D eigenvalue weighted by Crippen LogP contribution is 2.44. The van der Waals surface area contributed by atoms with Crippen LogP contribution in [0.15, 0.2) is 48.5 Å². The summed E-state index contributed by atoms with van der Waals surface area (Å²) >= 11 is 0. The molecule has 0 radical (unpaired) electrons. The monoisotopic (exact) mass is 478 g/mol. The van der Waals surface area contributed by atoms with Gasteiger partial charge in [0.1, 0.15) is 12.6 Å². The van der Waals surface area contributed by atoms with Gasteiger partial charge in [0.2, 0.25) is 5.91 Å². The van der Waals surface area contributed by atoms with Gasteiger partial charge in [-0.25, -0.2) is 9.59 Å². The van der Waals surface area contributed by atoms with Gasteiger partial charge in [0.15, 0.2) is 0 Å². The van der Waals surface area contributed by atoms with E-state index in [0.717, 1.165) is 12.8 Å². The van der Waals surface area contributed by atoms with Crippen LogP contribution in [0, 0.1) is 11.8 Å². The molecule has 186 valence electrons. The number of nitrogens with zero attached hydrogens (tertiary/aromatic N) is 1. The molecule has 2 aromatic carbocycles. The van der Waals surface area contributed by atoms with Gasteiger partial charge in [-0.3, -0.25) is 4.79 Å². The van der Waals surface area contributed by atoms with Crippen molar-refractivity contribution in [1.82, 2.24) is 10.2 Å². The number of amides is 2. The molecular formula is C28H34N2O5. The standard InChI is InChI=1S/C28H34N2O5/c1-18(13-14-25(31)30-15-7-8-19(2)26(30)27(32)33)16-29-28(34)35-17-24-22-11-5-3-9-20(22)21-10-4-6-12-23(21)24/h3-6,9-12,18-19,24,26H,7-8,13-17H2,1-2H3,(H,29,34)(H,32,33). The minimum atomic E-state index is -0.935. The fourth-order valence-corrected chi connectivity index (χ4v) is 5.37. The number of fused-ring (bicyclic) bond motifs is 3. The third-order valence-electron chi connectivity index (χ3n) is 7.30. The van der Waals surface area contributed by atoms with E-state index in [0.29, 0.717) is 19.5 Å². The Morgan fingerprint density at radius 2 is 1.71 bits per heavy atom. The Balaban J connectivity index is 1.23. The molecule has 1 aliphatic carbocycles. The Morgan fingerprint density at radius 3 is 2.34 bits per heavy atom. The zero-order valence-corrected chi connectivity index (χ0v) is 20.4. The fraction of sp³-hybridized carbons (Fsp3) is 0.464. The average molecular weight is 479 g/mol. The molecule has 35 heavy (non-hydrogen) atoms. The second kappa shape index (κ2) is 10.9. The number of carbonyl (C=O) groups excluding carboxylic acids is 2. The molecule has 4 rings (SSSR count). The maximum atomic E-state index is 12.7. The summed E-state index contributed by atoms with van der Waals surface area (Å²) in [6.45, 7) is 5.00. The molecule has 3 atom stereocenters. The number of aliphatic carboxylic acids is 1. The lowest BCUT2D eigenvalue weighted by molar-refractivity contribution is -0.154. The molecule has 1 saturated heterocycles. The Labute approximate surface area is 206 Å². The Morgan fingerprint density at radius 1 is 1.09 bits per heavy atom. The van der Waals surface area contributed by atoms with Crippen LogP contribution in [-0.4, -0.2) is 53.7 Å². The van der Waals surface area contributed by atoms with E-state index in [1.165, 1.54) is 27.2 Å². The SMILES string of the molecule is CC(CCC(=O)N1CCCC(C)C1C(=O)O)CNC(=O)OCC1c2ccccc2-c2ccccc21. The summed E-state index contributed by atoms with van der Waals surface area (Å²) in [6.07, 6.45) is 2.02. The third-order valence-corrected chi connectivity index (χ3v) is 7.30. The third kappa shape index (κ3) is 5.50. The molecule has 2 N–H and O–H groups in total. The minimum Gasteiger partial charge on any atom is -0.480 e. The van der Waals surface area contributed by atoms with Crippen molar-refractivity contribution in [2.45, 2.75) is 51.5 Å². The average Bonchev–Trinajstić information content (AvgIpc) is 3.18. The van der Waals surface area contributed by atoms with Crippen LogP contribution >= 0.6 is 0 Å². The highest BCUT2D eigenvalue weighted by atomic mass is 16.5. The van der Waals surface area contributed by atoms with Crippen LogP contribution in [0.5, 0.6) is 0 Å². The largest absolute Gasteiger partial charge is 0.480 e. The maximum absolute atomic E-state index is 12.7. The molecule has 2 aliphatic rings. The van der Waals surface area contributed by atoms with Crippen LogP contribution in [0.3, 0.4) is 0 Å². The number of ether oxygens (including phenoxy) is 1. The van der Waals surface area contributed by atoms with Crippen LogP contribution in [-0.2, 0) is 14.3 Å². The molecule has 7 heteroatoms. The van der Waals surface area contributed by atoms with Crippen molar-refractivity contribution in [1.29, 1.82) is 0 Å². The molecule has 2 aromatic rings. The number of hydrogen-bond acceptors (Lipinski definition) is 4. The summed E-state index contributed by atoms with van der Waals surface area (Å²) in [5, 5.41) is 12.3. The molecule has 0 saturated carbocycles. The Kier molecular flexibility index (Phi) is 7.73. The number of alkyl carbamates (subject to hydrolysis) is 1. The number of carboxylic acids is 1. The van der Waals surface area contributed by atoms with E-state index in [4.69, 9.17) is 4.74 Å². The van der Waals surface area contributed by atoms with Gasteiger partial charge in [-0.1, -0.05) is 62.4 Å². The number of carboxylic acid groups (broad SMARTS) is 1. The highest BCUT2D eigenvalue weighted by molar-refractivity contribution is 5.84. The molecule has 1 heterocycles. The van der Waals surface area contributed by atoms with Crippen LogP contribution in [0.1, 0.15) is 56.6 Å². The van der Waals surface area contributed by atoms with Crippen molar-refractivity contribution in [3.05, 3.63) is 59.7 Å². The Bertz CT molecular complexity index is 1040. The van der Waals surface area contributed by atoms with Gasteiger partial charge < -0.3 is 20.1 Å². The second-order valence-corrected chi connectivity index (χ2v) is 9.84. The van der Waals surface area contributed by atoms with Gasteiger partial charge in [-0.2, -0.15) is 0 Å². The molecular weight excluding hydrogens is 444 g/mol. The summed E-state index contributed by atoms with van der Waals surface area (Å²) in [4.78, 5) is 38.2. The number of likely N-dealkylation sites (tertiary alicyclic amines) is 1. The topological polar surface area (TPSA) is 95.9 Å². The zero-order chi connectivity index (χ0) is 24.9. The van der Waals surface area contributed by atoms with Gasteiger partial charge in [0.05, 0.1) is 0 Å². The van der Waals surface area contributed by atoms with Crippen LogP contribution < -0.4 is 5.32 Å². The first kappa shape index (κ1) is 24.8. The van der Waals surface area contributed by atoms with E-state index in [-0.39, 0.29) is 36.7 Å². The van der Waals surface area contributed by atoms with E-state index < -0.39 is 18.1 Å². The number of piperidine rings is 1. The number of rotatable bonds is 8. The summed E-state index contributed by atoms with van der Waals surface area (Å²) in [5.41, 5.74) is 4.70. The molecule has 7 nitrogen and oxygen atoms in total. The van der Waals surface area contributed by atoms with Crippen molar-refractivity contribution in [3.63, 3.8) is 0 Å². The van der Waals surface area contributed by atoms with Crippen molar-refractivity contribution in [3.8, 4) is 11.1 Å². The number of nitrogens with one attached hydrogen (secondary N) is 1. The predicted molar refractivity (Wildman–Crippen MR) is 133 cm³/mol. The van der Waals surface area contributed by atoms with E-state index >= 15 is 0 Å². The first-order chi connectivity index (χ1) is 16.9. The number of hydrogen-bond donors (Lipinski definition) is 2. The van der Waals surface area contributed by atoms with Crippen molar-refractivity contribution >= 4 is 18.0 Å². The normalized spacial score (nSPS) is 20.0. The zero-order valence-electron chi connectivity index (χ0n) is 20.4. The minimum absolute atomic E-state index is 0.0114. The molecule has 1 aliphatic heterocycles. The number of benzene rings is 2. The van der Waals surface area contributed by atoms with Gasteiger partial charge in [0.25, 0.3) is 0 Å². The van der Waals surface area contributed by atoms with Gasteiger partial charge >= 0.3 is 12.1 Å². The van der Waals surface area contributed by atoms with Crippen molar-refractivity contribution < 1.29 is 24.2 Å². The van der Waals surface area contributed by atoms with E-state index in [2.05, 4.69) is 29.6 Å². The van der Waals surface area contributed by atoms with E-state index in [1.807, 2.05) is 38.1 Å². The van der Waals surface area contributed by atoms with Crippen LogP contribution in [0.4, 0.5) is 4.79 Å². The Hall–Kier alpha value is -3.35. The second-order valence-electron chi connectivity index (χ2n) is 9.84. The van der Waals surface area contributed by atoms with Crippen LogP contribution in [0.2, 0.25) is 0 Å². The van der Waals surface area contributed by atoms with Crippen molar-refractivity contribution in [2.75, 3.05) is 19.7 Å². The molecule has 2 amide bonds.